The standard InChI is InChI=1S/C22H28N4O13S3/c1-5-42(30,31)16-6-7-21(32-3)19(12-16)25-24-18-14-22(33-4)20(13-17(18)23-15(2)27)26(8-10-34-40-38-36-28)9-11-35-41-39-37-29/h5-7,12-14,28-29H,1,8-11H2,2-4H3,(H,23,27). The number of nitrogens with zero attached hydrogens (tertiary/aromatic N) is 3. The van der Waals surface area contributed by atoms with Crippen LogP contribution in [0.1, 0.15) is 6.92 Å². The smallest absolute Gasteiger partial charge is 0.221 e. The van der Waals surface area contributed by atoms with E-state index in [1.165, 1.54) is 45.4 Å². The Kier molecular flexibility index (Phi) is 15.5. The van der Waals surface area contributed by atoms with E-state index in [2.05, 4.69) is 40.9 Å². The summed E-state index contributed by atoms with van der Waals surface area (Å²) in [5, 5.41) is 35.3. The summed E-state index contributed by atoms with van der Waals surface area (Å²) >= 11 is 0.786. The van der Waals surface area contributed by atoms with Gasteiger partial charge in [0.05, 0.1) is 43.7 Å². The van der Waals surface area contributed by atoms with Crippen molar-refractivity contribution in [3.63, 3.8) is 0 Å². The molecule has 0 bridgehead atoms. The highest BCUT2D eigenvalue weighted by Crippen LogP contribution is 2.40. The van der Waals surface area contributed by atoms with Crippen molar-refractivity contribution in [3.8, 4) is 11.5 Å². The minimum absolute atomic E-state index is 0.0568. The predicted octanol–water partition coefficient (Wildman–Crippen LogP) is 4.80. The number of sulfone groups is 1. The lowest BCUT2D eigenvalue weighted by Crippen LogP contribution is -2.30. The second-order valence-corrected chi connectivity index (χ2v) is 10.4. The maximum atomic E-state index is 12.3. The second-order valence-electron chi connectivity index (χ2n) is 7.52. The van der Waals surface area contributed by atoms with Crippen LogP contribution in [0.25, 0.3) is 0 Å². The number of carbonyl (C=O) groups is 1. The lowest BCUT2D eigenvalue weighted by molar-refractivity contribution is -0.434. The molecule has 17 nitrogen and oxygen atoms in total. The number of ether oxygens (including phenoxy) is 2. The fraction of sp³-hybridized carbons (Fsp3) is 0.318. The van der Waals surface area contributed by atoms with Crippen molar-refractivity contribution in [1.29, 1.82) is 0 Å². The number of rotatable bonds is 20. The van der Waals surface area contributed by atoms with Gasteiger partial charge in [-0.25, -0.2) is 18.9 Å². The molecule has 2 rings (SSSR count). The van der Waals surface area contributed by atoms with Crippen LogP contribution in [0.3, 0.4) is 0 Å². The maximum Gasteiger partial charge on any atom is 0.221 e. The van der Waals surface area contributed by atoms with E-state index in [0.29, 0.717) is 36.1 Å². The molecule has 42 heavy (non-hydrogen) atoms. The van der Waals surface area contributed by atoms with Crippen molar-refractivity contribution in [3.05, 3.63) is 42.3 Å². The van der Waals surface area contributed by atoms with Crippen LogP contribution in [0.15, 0.2) is 57.4 Å². The normalized spacial score (nSPS) is 11.5. The summed E-state index contributed by atoms with van der Waals surface area (Å²) in [7, 11) is -0.951. The molecule has 0 aliphatic heterocycles. The molecule has 0 spiro atoms. The first-order chi connectivity index (χ1) is 20.2. The van der Waals surface area contributed by atoms with Gasteiger partial charge in [0, 0.05) is 31.5 Å². The van der Waals surface area contributed by atoms with Gasteiger partial charge in [0.15, 0.2) is 34.5 Å². The third kappa shape index (κ3) is 11.0. The molecular weight excluding hydrogens is 624 g/mol. The van der Waals surface area contributed by atoms with Gasteiger partial charge in [-0.05, 0) is 24.3 Å². The van der Waals surface area contributed by atoms with Crippen molar-refractivity contribution < 1.29 is 60.3 Å². The van der Waals surface area contributed by atoms with Crippen LogP contribution in [0.5, 0.6) is 11.5 Å². The molecule has 2 aromatic carbocycles. The van der Waals surface area contributed by atoms with Crippen LogP contribution >= 0.6 is 24.6 Å². The Balaban J connectivity index is 2.50. The molecule has 0 aliphatic carbocycles. The summed E-state index contributed by atoms with van der Waals surface area (Å²) in [5.41, 5.74) is 0.981. The van der Waals surface area contributed by atoms with Crippen LogP contribution < -0.4 is 19.7 Å². The molecule has 1 amide bonds. The first kappa shape index (κ1) is 35.2. The third-order valence-electron chi connectivity index (χ3n) is 5.01. The summed E-state index contributed by atoms with van der Waals surface area (Å²) < 4.78 is 54.1. The van der Waals surface area contributed by atoms with Crippen molar-refractivity contribution in [2.45, 2.75) is 11.8 Å². The monoisotopic (exact) mass is 652 g/mol. The molecule has 0 fully saturated rings. The number of amides is 1. The van der Waals surface area contributed by atoms with Crippen LogP contribution in [0.2, 0.25) is 0 Å². The molecule has 0 unspecified atom stereocenters. The first-order valence-corrected chi connectivity index (χ1v) is 14.3. The molecule has 0 saturated heterocycles. The van der Waals surface area contributed by atoms with Crippen molar-refractivity contribution >= 4 is 63.1 Å². The second kappa shape index (κ2) is 18.5. The Morgan fingerprint density at radius 2 is 1.57 bits per heavy atom. The summed E-state index contributed by atoms with van der Waals surface area (Å²) in [4.78, 5) is 13.7. The topological polar surface area (TPSA) is 205 Å². The predicted molar refractivity (Wildman–Crippen MR) is 151 cm³/mol. The maximum absolute atomic E-state index is 12.3. The summed E-state index contributed by atoms with van der Waals surface area (Å²) in [6, 6.07) is 7.13. The highest BCUT2D eigenvalue weighted by atomic mass is 32.2. The molecule has 0 radical (unpaired) electrons. The van der Waals surface area contributed by atoms with E-state index in [-0.39, 0.29) is 54.0 Å². The van der Waals surface area contributed by atoms with Crippen LogP contribution in [0.4, 0.5) is 22.7 Å². The molecule has 0 heterocycles. The molecule has 232 valence electrons. The number of hydrogen-bond donors (Lipinski definition) is 3. The summed E-state index contributed by atoms with van der Waals surface area (Å²) in [5.74, 6) is 0.144. The molecular formula is C22H28N4O13S3. The Hall–Kier alpha value is -3.02. The average Bonchev–Trinajstić information content (AvgIpc) is 2.98. The lowest BCUT2D eigenvalue weighted by atomic mass is 10.2. The van der Waals surface area contributed by atoms with Gasteiger partial charge in [-0.15, -0.1) is 18.9 Å². The summed E-state index contributed by atoms with van der Waals surface area (Å²) in [6.07, 6.45) is 0. The molecule has 0 aliphatic rings. The molecule has 0 atom stereocenters. The number of anilines is 2. The van der Waals surface area contributed by atoms with E-state index in [9.17, 15) is 13.2 Å². The quantitative estimate of drug-likeness (QED) is 0.0577. The van der Waals surface area contributed by atoms with Gasteiger partial charge in [0.1, 0.15) is 22.9 Å². The van der Waals surface area contributed by atoms with Gasteiger partial charge >= 0.3 is 0 Å². The molecule has 0 aromatic heterocycles. The number of benzene rings is 2. The van der Waals surface area contributed by atoms with Crippen molar-refractivity contribution in [1.82, 2.24) is 0 Å². The van der Waals surface area contributed by atoms with Gasteiger partial charge in [0.25, 0.3) is 0 Å². The lowest BCUT2D eigenvalue weighted by Gasteiger charge is -2.27. The van der Waals surface area contributed by atoms with E-state index < -0.39 is 15.7 Å². The Morgan fingerprint density at radius 3 is 2.10 bits per heavy atom. The fourth-order valence-corrected chi connectivity index (χ4v) is 4.39. The van der Waals surface area contributed by atoms with Gasteiger partial charge < -0.3 is 19.7 Å². The van der Waals surface area contributed by atoms with E-state index in [0.717, 1.165) is 5.41 Å². The molecule has 20 heteroatoms. The largest absolute Gasteiger partial charge is 0.494 e. The summed E-state index contributed by atoms with van der Waals surface area (Å²) in [6.45, 7) is 5.17. The molecule has 0 saturated carbocycles. The van der Waals surface area contributed by atoms with Crippen LogP contribution in [0, 0.1) is 0 Å². The zero-order valence-electron chi connectivity index (χ0n) is 22.5. The number of azo groups is 1. The molecule has 2 aromatic rings. The van der Waals surface area contributed by atoms with Gasteiger partial charge in [-0.2, -0.15) is 0 Å². The number of hydrogen-bond acceptors (Lipinski definition) is 18. The fourth-order valence-electron chi connectivity index (χ4n) is 3.25. The zero-order valence-corrected chi connectivity index (χ0v) is 24.9. The third-order valence-corrected chi connectivity index (χ3v) is 7.12. The molecule has 3 N–H and O–H groups in total. The number of methoxy groups -OCH3 is 2. The minimum atomic E-state index is -3.76. The Bertz CT molecular complexity index is 1300. The minimum Gasteiger partial charge on any atom is -0.494 e. The first-order valence-electron chi connectivity index (χ1n) is 11.4. The average molecular weight is 653 g/mol. The van der Waals surface area contributed by atoms with Gasteiger partial charge in [-0.1, -0.05) is 16.7 Å². The number of nitrogens with one attached hydrogen (secondary N) is 1. The highest BCUT2D eigenvalue weighted by Gasteiger charge is 2.19. The Morgan fingerprint density at radius 1 is 0.976 bits per heavy atom. The zero-order chi connectivity index (χ0) is 31.0. The van der Waals surface area contributed by atoms with Crippen molar-refractivity contribution in [2.75, 3.05) is 50.7 Å². The van der Waals surface area contributed by atoms with Gasteiger partial charge in [-0.3, -0.25) is 13.2 Å². The van der Waals surface area contributed by atoms with Crippen LogP contribution in [-0.2, 0) is 41.7 Å². The van der Waals surface area contributed by atoms with E-state index >= 15 is 0 Å². The van der Waals surface area contributed by atoms with Crippen molar-refractivity contribution in [2.24, 2.45) is 10.2 Å². The van der Waals surface area contributed by atoms with E-state index in [1.54, 1.807) is 11.0 Å². The van der Waals surface area contributed by atoms with E-state index in [1.807, 2.05) is 0 Å². The Labute approximate surface area is 249 Å². The highest BCUT2D eigenvalue weighted by molar-refractivity contribution is 7.94. The van der Waals surface area contributed by atoms with Crippen LogP contribution in [-0.4, -0.2) is 65.4 Å². The SMILES string of the molecule is C=CS(=O)(=O)c1ccc(OC)c(N=Nc2cc(OC)c(N(CCOSOOO)CCOSOOO)cc2NC(C)=O)c1. The van der Waals surface area contributed by atoms with E-state index in [4.69, 9.17) is 28.4 Å². The van der Waals surface area contributed by atoms with Gasteiger partial charge in [0.2, 0.25) is 5.91 Å². The number of carbonyl (C=O) groups excluding carboxylic acids is 1.